The zero-order chi connectivity index (χ0) is 17.7. The van der Waals surface area contributed by atoms with Crippen LogP contribution in [0.4, 0.5) is 0 Å². The summed E-state index contributed by atoms with van der Waals surface area (Å²) >= 11 is 5.95. The third-order valence-corrected chi connectivity index (χ3v) is 4.48. The van der Waals surface area contributed by atoms with Crippen molar-refractivity contribution in [1.82, 2.24) is 15.1 Å². The Hall–Kier alpha value is -1.44. The molecule has 2 N–H and O–H groups in total. The second-order valence-corrected chi connectivity index (χ2v) is 6.60. The number of aliphatic hydroxyl groups excluding tert-OH is 1. The minimum absolute atomic E-state index is 0.0337. The number of carbonyl (C=O) groups is 1. The van der Waals surface area contributed by atoms with E-state index < -0.39 is 12.2 Å². The van der Waals surface area contributed by atoms with E-state index >= 15 is 0 Å². The van der Waals surface area contributed by atoms with Crippen LogP contribution in [0.1, 0.15) is 43.7 Å². The largest absolute Gasteiger partial charge is 0.392 e. The first-order valence-corrected chi connectivity index (χ1v) is 8.54. The van der Waals surface area contributed by atoms with Gasteiger partial charge in [0, 0.05) is 24.8 Å². The van der Waals surface area contributed by atoms with Crippen LogP contribution in [0.25, 0.3) is 0 Å². The van der Waals surface area contributed by atoms with Gasteiger partial charge in [-0.05, 0) is 19.3 Å². The number of unbranched alkanes of at least 4 members (excludes halogenated alkanes) is 1. The van der Waals surface area contributed by atoms with Crippen molar-refractivity contribution in [3.05, 3.63) is 26.6 Å². The predicted octanol–water partition coefficient (Wildman–Crippen LogP) is 0.934. The van der Waals surface area contributed by atoms with Crippen molar-refractivity contribution < 1.29 is 14.6 Å². The molecular formula is C16H24ClN3O4. The molecule has 0 aromatic carbocycles. The topological polar surface area (TPSA) is 93.4 Å². The van der Waals surface area contributed by atoms with Gasteiger partial charge in [-0.3, -0.25) is 9.59 Å². The summed E-state index contributed by atoms with van der Waals surface area (Å²) in [6, 6.07) is 0. The van der Waals surface area contributed by atoms with Crippen molar-refractivity contribution >= 4 is 17.5 Å². The van der Waals surface area contributed by atoms with Crippen LogP contribution in [0.15, 0.2) is 4.79 Å². The lowest BCUT2D eigenvalue weighted by Crippen LogP contribution is -2.42. The molecule has 0 spiro atoms. The average Bonchev–Trinajstić information content (AvgIpc) is 3.29. The molecule has 1 aliphatic rings. The van der Waals surface area contributed by atoms with Gasteiger partial charge in [0.15, 0.2) is 5.15 Å². The third-order valence-electron chi connectivity index (χ3n) is 4.18. The molecular weight excluding hydrogens is 334 g/mol. The number of carbonyl (C=O) groups excluding carboxylic acids is 1. The van der Waals surface area contributed by atoms with E-state index in [2.05, 4.69) is 17.3 Å². The van der Waals surface area contributed by atoms with E-state index in [1.165, 1.54) is 7.05 Å². The molecule has 1 amide bonds. The van der Waals surface area contributed by atoms with Crippen LogP contribution < -0.4 is 10.9 Å². The highest BCUT2D eigenvalue weighted by atomic mass is 35.5. The van der Waals surface area contributed by atoms with E-state index in [9.17, 15) is 14.7 Å². The van der Waals surface area contributed by atoms with Crippen LogP contribution in [-0.4, -0.2) is 39.5 Å². The van der Waals surface area contributed by atoms with Crippen molar-refractivity contribution in [3.8, 4) is 0 Å². The minimum Gasteiger partial charge on any atom is -0.392 e. The highest BCUT2D eigenvalue weighted by molar-refractivity contribution is 6.30. The number of ether oxygens (including phenoxy) is 1. The van der Waals surface area contributed by atoms with E-state index in [1.54, 1.807) is 0 Å². The SMILES string of the molecule is CCCCOCC1(NC(=O)Cc2c(CO)c(Cl)nn(C)c2=O)CC1. The first-order chi connectivity index (χ1) is 11.4. The van der Waals surface area contributed by atoms with Gasteiger partial charge < -0.3 is 15.2 Å². The lowest BCUT2D eigenvalue weighted by molar-refractivity contribution is -0.122. The van der Waals surface area contributed by atoms with Crippen molar-refractivity contribution in [1.29, 1.82) is 0 Å². The number of rotatable bonds is 9. The molecule has 0 radical (unpaired) electrons. The molecule has 1 aromatic heterocycles. The first-order valence-electron chi connectivity index (χ1n) is 8.16. The Kier molecular flexibility index (Phi) is 6.37. The zero-order valence-electron chi connectivity index (χ0n) is 14.1. The maximum absolute atomic E-state index is 12.3. The van der Waals surface area contributed by atoms with Crippen LogP contribution in [0.5, 0.6) is 0 Å². The lowest BCUT2D eigenvalue weighted by atomic mass is 10.1. The Morgan fingerprint density at radius 2 is 2.17 bits per heavy atom. The summed E-state index contributed by atoms with van der Waals surface area (Å²) in [5.41, 5.74) is -0.353. The van der Waals surface area contributed by atoms with Gasteiger partial charge in [-0.1, -0.05) is 24.9 Å². The van der Waals surface area contributed by atoms with Crippen LogP contribution in [0, 0.1) is 0 Å². The van der Waals surface area contributed by atoms with E-state index in [0.717, 1.165) is 30.4 Å². The normalized spacial score (nSPS) is 15.3. The second-order valence-electron chi connectivity index (χ2n) is 6.25. The molecule has 0 unspecified atom stereocenters. The fourth-order valence-corrected chi connectivity index (χ4v) is 2.79. The van der Waals surface area contributed by atoms with Gasteiger partial charge in [0.05, 0.1) is 25.2 Å². The number of amides is 1. The molecule has 1 aromatic rings. The number of aliphatic hydroxyl groups is 1. The van der Waals surface area contributed by atoms with E-state index in [4.69, 9.17) is 16.3 Å². The smallest absolute Gasteiger partial charge is 0.270 e. The van der Waals surface area contributed by atoms with E-state index in [-0.39, 0.29) is 34.1 Å². The molecule has 1 aliphatic carbocycles. The molecule has 1 heterocycles. The standard InChI is InChI=1S/C16H24ClN3O4/c1-3-4-7-24-10-16(5-6-16)18-13(22)8-11-12(9-21)14(17)19-20(2)15(11)23/h21H,3-10H2,1-2H3,(H,18,22). The average molecular weight is 358 g/mol. The van der Waals surface area contributed by atoms with Gasteiger partial charge in [-0.25, -0.2) is 4.68 Å². The van der Waals surface area contributed by atoms with Gasteiger partial charge in [0.2, 0.25) is 5.91 Å². The zero-order valence-corrected chi connectivity index (χ0v) is 14.9. The molecule has 0 atom stereocenters. The first kappa shape index (κ1) is 18.9. The van der Waals surface area contributed by atoms with Crippen molar-refractivity contribution in [3.63, 3.8) is 0 Å². The van der Waals surface area contributed by atoms with Crippen molar-refractivity contribution in [2.45, 2.75) is 51.2 Å². The third kappa shape index (κ3) is 4.55. The van der Waals surface area contributed by atoms with Gasteiger partial charge >= 0.3 is 0 Å². The van der Waals surface area contributed by atoms with Crippen molar-refractivity contribution in [2.24, 2.45) is 7.05 Å². The van der Waals surface area contributed by atoms with Gasteiger partial charge in [-0.2, -0.15) is 5.10 Å². The van der Waals surface area contributed by atoms with Gasteiger partial charge in [-0.15, -0.1) is 0 Å². The number of halogens is 1. The Bertz CT molecular complexity index is 655. The summed E-state index contributed by atoms with van der Waals surface area (Å²) in [4.78, 5) is 24.5. The van der Waals surface area contributed by atoms with Gasteiger partial charge in [0.25, 0.3) is 5.56 Å². The molecule has 0 saturated heterocycles. The molecule has 24 heavy (non-hydrogen) atoms. The maximum Gasteiger partial charge on any atom is 0.270 e. The quantitative estimate of drug-likeness (QED) is 0.641. The molecule has 1 saturated carbocycles. The predicted molar refractivity (Wildman–Crippen MR) is 89.9 cm³/mol. The number of aryl methyl sites for hydroxylation is 1. The van der Waals surface area contributed by atoms with Crippen LogP contribution in [0.2, 0.25) is 5.15 Å². The number of hydrogen-bond donors (Lipinski definition) is 2. The summed E-state index contributed by atoms with van der Waals surface area (Å²) in [5.74, 6) is -0.277. The maximum atomic E-state index is 12.3. The van der Waals surface area contributed by atoms with E-state index in [0.29, 0.717) is 13.2 Å². The minimum atomic E-state index is -0.435. The fourth-order valence-electron chi connectivity index (χ4n) is 2.50. The van der Waals surface area contributed by atoms with Gasteiger partial charge in [0.1, 0.15) is 0 Å². The highest BCUT2D eigenvalue weighted by Crippen LogP contribution is 2.35. The monoisotopic (exact) mass is 357 g/mol. The lowest BCUT2D eigenvalue weighted by Gasteiger charge is -2.18. The summed E-state index contributed by atoms with van der Waals surface area (Å²) in [6.45, 7) is 2.83. The number of aromatic nitrogens is 2. The molecule has 7 nitrogen and oxygen atoms in total. The number of hydrogen-bond acceptors (Lipinski definition) is 5. The van der Waals surface area contributed by atoms with Crippen molar-refractivity contribution in [2.75, 3.05) is 13.2 Å². The molecule has 1 fully saturated rings. The second kappa shape index (κ2) is 8.09. The number of nitrogens with zero attached hydrogens (tertiary/aromatic N) is 2. The summed E-state index contributed by atoms with van der Waals surface area (Å²) < 4.78 is 6.68. The summed E-state index contributed by atoms with van der Waals surface area (Å²) in [5, 5.41) is 16.2. The van der Waals surface area contributed by atoms with Crippen LogP contribution >= 0.6 is 11.6 Å². The summed E-state index contributed by atoms with van der Waals surface area (Å²) in [6.07, 6.45) is 3.66. The number of nitrogens with one attached hydrogen (secondary N) is 1. The molecule has 8 heteroatoms. The molecule has 0 bridgehead atoms. The Labute approximate surface area is 146 Å². The highest BCUT2D eigenvalue weighted by Gasteiger charge is 2.44. The molecule has 2 rings (SSSR count). The fraction of sp³-hybridized carbons (Fsp3) is 0.688. The summed E-state index contributed by atoms with van der Waals surface area (Å²) in [7, 11) is 1.46. The van der Waals surface area contributed by atoms with E-state index in [1.807, 2.05) is 0 Å². The molecule has 134 valence electrons. The Morgan fingerprint density at radius 3 is 2.75 bits per heavy atom. The van der Waals surface area contributed by atoms with Crippen LogP contribution in [0.3, 0.4) is 0 Å². The van der Waals surface area contributed by atoms with Crippen LogP contribution in [-0.2, 0) is 29.6 Å². The Morgan fingerprint density at radius 1 is 1.46 bits per heavy atom. The Balaban J connectivity index is 2.02. The molecule has 0 aliphatic heterocycles.